The van der Waals surface area contributed by atoms with Crippen LogP contribution in [0.15, 0.2) is 46.9 Å². The Bertz CT molecular complexity index is 629. The van der Waals surface area contributed by atoms with Crippen molar-refractivity contribution in [2.45, 2.75) is 6.42 Å². The summed E-state index contributed by atoms with van der Waals surface area (Å²) in [5, 5.41) is 2.81. The zero-order valence-electron chi connectivity index (χ0n) is 11.0. The zero-order valence-corrected chi connectivity index (χ0v) is 12.6. The van der Waals surface area contributed by atoms with E-state index < -0.39 is 0 Å². The van der Waals surface area contributed by atoms with Crippen LogP contribution in [0.3, 0.4) is 0 Å². The highest BCUT2D eigenvalue weighted by Crippen LogP contribution is 2.26. The van der Waals surface area contributed by atoms with Gasteiger partial charge in [0, 0.05) is 10.2 Å². The number of amides is 1. The van der Waals surface area contributed by atoms with Crippen molar-refractivity contribution in [3.05, 3.63) is 52.5 Å². The van der Waals surface area contributed by atoms with E-state index in [-0.39, 0.29) is 12.3 Å². The van der Waals surface area contributed by atoms with E-state index >= 15 is 0 Å². The van der Waals surface area contributed by atoms with Gasteiger partial charge in [-0.1, -0.05) is 28.1 Å². The molecule has 104 valence electrons. The Kier molecular flexibility index (Phi) is 4.63. The molecule has 0 fully saturated rings. The standard InChI is InChI=1S/C15H15BrN2O2/c1-20-14-6-5-12(17)9-13(14)18-15(19)8-10-3-2-4-11(16)7-10/h2-7,9H,8,17H2,1H3,(H,18,19). The lowest BCUT2D eigenvalue weighted by molar-refractivity contribution is -0.115. The number of ether oxygens (including phenoxy) is 1. The Balaban J connectivity index is 2.10. The first-order valence-corrected chi connectivity index (χ1v) is 6.85. The second kappa shape index (κ2) is 6.43. The molecule has 0 radical (unpaired) electrons. The lowest BCUT2D eigenvalue weighted by Gasteiger charge is -2.11. The lowest BCUT2D eigenvalue weighted by atomic mass is 10.1. The van der Waals surface area contributed by atoms with Gasteiger partial charge < -0.3 is 15.8 Å². The minimum absolute atomic E-state index is 0.119. The van der Waals surface area contributed by atoms with Crippen molar-refractivity contribution in [3.63, 3.8) is 0 Å². The molecule has 0 heterocycles. The summed E-state index contributed by atoms with van der Waals surface area (Å²) in [5.74, 6) is 0.466. The topological polar surface area (TPSA) is 64.3 Å². The van der Waals surface area contributed by atoms with Gasteiger partial charge in [0.05, 0.1) is 19.2 Å². The van der Waals surface area contributed by atoms with E-state index in [9.17, 15) is 4.79 Å². The number of hydrogen-bond acceptors (Lipinski definition) is 3. The number of benzene rings is 2. The van der Waals surface area contributed by atoms with Gasteiger partial charge in [-0.25, -0.2) is 0 Å². The number of halogens is 1. The van der Waals surface area contributed by atoms with Crippen LogP contribution in [0.2, 0.25) is 0 Å². The molecule has 3 N–H and O–H groups in total. The molecule has 0 aliphatic rings. The molecule has 4 nitrogen and oxygen atoms in total. The second-order valence-electron chi connectivity index (χ2n) is 4.31. The Morgan fingerprint density at radius 1 is 1.30 bits per heavy atom. The van der Waals surface area contributed by atoms with Crippen LogP contribution in [0, 0.1) is 0 Å². The third-order valence-electron chi connectivity index (χ3n) is 2.75. The number of nitrogens with two attached hydrogens (primary N) is 1. The predicted octanol–water partition coefficient (Wildman–Crippen LogP) is 3.22. The average Bonchev–Trinajstić information content (AvgIpc) is 2.38. The van der Waals surface area contributed by atoms with E-state index in [1.807, 2.05) is 24.3 Å². The number of methoxy groups -OCH3 is 1. The van der Waals surface area contributed by atoms with Crippen LogP contribution in [0.25, 0.3) is 0 Å². The van der Waals surface area contributed by atoms with Crippen LogP contribution in [0.1, 0.15) is 5.56 Å². The number of nitrogens with one attached hydrogen (secondary N) is 1. The Morgan fingerprint density at radius 3 is 2.80 bits per heavy atom. The van der Waals surface area contributed by atoms with Gasteiger partial charge in [-0.2, -0.15) is 0 Å². The normalized spacial score (nSPS) is 10.1. The van der Waals surface area contributed by atoms with E-state index in [2.05, 4.69) is 21.2 Å². The van der Waals surface area contributed by atoms with Crippen LogP contribution in [-0.4, -0.2) is 13.0 Å². The fraction of sp³-hybridized carbons (Fsp3) is 0.133. The van der Waals surface area contributed by atoms with Crippen LogP contribution >= 0.6 is 15.9 Å². The molecule has 0 aliphatic carbocycles. The van der Waals surface area contributed by atoms with Crippen molar-refractivity contribution in [1.82, 2.24) is 0 Å². The summed E-state index contributed by atoms with van der Waals surface area (Å²) in [4.78, 5) is 12.0. The molecule has 0 saturated carbocycles. The molecule has 20 heavy (non-hydrogen) atoms. The highest BCUT2D eigenvalue weighted by molar-refractivity contribution is 9.10. The van der Waals surface area contributed by atoms with Crippen molar-refractivity contribution < 1.29 is 9.53 Å². The van der Waals surface area contributed by atoms with Gasteiger partial charge in [-0.15, -0.1) is 0 Å². The Labute approximate surface area is 126 Å². The maximum atomic E-state index is 12.0. The summed E-state index contributed by atoms with van der Waals surface area (Å²) in [6, 6.07) is 12.8. The summed E-state index contributed by atoms with van der Waals surface area (Å²) >= 11 is 3.38. The summed E-state index contributed by atoms with van der Waals surface area (Å²) in [7, 11) is 1.55. The molecule has 0 aliphatic heterocycles. The minimum Gasteiger partial charge on any atom is -0.495 e. The molecule has 0 aromatic heterocycles. The van der Waals surface area contributed by atoms with E-state index in [0.717, 1.165) is 10.0 Å². The molecular formula is C15H15BrN2O2. The third-order valence-corrected chi connectivity index (χ3v) is 3.24. The summed E-state index contributed by atoms with van der Waals surface area (Å²) in [6.45, 7) is 0. The van der Waals surface area contributed by atoms with E-state index in [1.54, 1.807) is 25.3 Å². The van der Waals surface area contributed by atoms with Crippen molar-refractivity contribution in [2.75, 3.05) is 18.2 Å². The SMILES string of the molecule is COc1ccc(N)cc1NC(=O)Cc1cccc(Br)c1. The fourth-order valence-corrected chi connectivity index (χ4v) is 2.30. The van der Waals surface area contributed by atoms with Crippen molar-refractivity contribution in [1.29, 1.82) is 0 Å². The predicted molar refractivity (Wildman–Crippen MR) is 83.9 cm³/mol. The number of carbonyl (C=O) groups excluding carboxylic acids is 1. The monoisotopic (exact) mass is 334 g/mol. The van der Waals surface area contributed by atoms with Crippen LogP contribution in [-0.2, 0) is 11.2 Å². The minimum atomic E-state index is -0.119. The molecule has 0 saturated heterocycles. The largest absolute Gasteiger partial charge is 0.495 e. The number of rotatable bonds is 4. The molecule has 1 amide bonds. The molecular weight excluding hydrogens is 320 g/mol. The van der Waals surface area contributed by atoms with Gasteiger partial charge in [0.25, 0.3) is 0 Å². The first-order valence-electron chi connectivity index (χ1n) is 6.06. The first kappa shape index (κ1) is 14.4. The maximum absolute atomic E-state index is 12.0. The molecule has 2 aromatic rings. The maximum Gasteiger partial charge on any atom is 0.228 e. The summed E-state index contributed by atoms with van der Waals surface area (Å²) in [6.07, 6.45) is 0.289. The van der Waals surface area contributed by atoms with Gasteiger partial charge >= 0.3 is 0 Å². The summed E-state index contributed by atoms with van der Waals surface area (Å²) < 4.78 is 6.14. The fourth-order valence-electron chi connectivity index (χ4n) is 1.85. The van der Waals surface area contributed by atoms with E-state index in [1.165, 1.54) is 0 Å². The highest BCUT2D eigenvalue weighted by atomic mass is 79.9. The number of anilines is 2. The number of hydrogen-bond donors (Lipinski definition) is 2. The average molecular weight is 335 g/mol. The van der Waals surface area contributed by atoms with Gasteiger partial charge in [-0.05, 0) is 35.9 Å². The van der Waals surface area contributed by atoms with Gasteiger partial charge in [0.2, 0.25) is 5.91 Å². The first-order chi connectivity index (χ1) is 9.58. The van der Waals surface area contributed by atoms with Crippen molar-refractivity contribution in [2.24, 2.45) is 0 Å². The summed E-state index contributed by atoms with van der Waals surface area (Å²) in [5.41, 5.74) is 7.80. The van der Waals surface area contributed by atoms with Gasteiger partial charge in [0.1, 0.15) is 5.75 Å². The third kappa shape index (κ3) is 3.74. The van der Waals surface area contributed by atoms with Crippen LogP contribution in [0.5, 0.6) is 5.75 Å². The quantitative estimate of drug-likeness (QED) is 0.843. The molecule has 5 heteroatoms. The van der Waals surface area contributed by atoms with Crippen LogP contribution < -0.4 is 15.8 Å². The molecule has 0 atom stereocenters. The highest BCUT2D eigenvalue weighted by Gasteiger charge is 2.09. The van der Waals surface area contributed by atoms with Crippen molar-refractivity contribution in [3.8, 4) is 5.75 Å². The lowest BCUT2D eigenvalue weighted by Crippen LogP contribution is -2.15. The van der Waals surface area contributed by atoms with E-state index in [0.29, 0.717) is 17.1 Å². The van der Waals surface area contributed by atoms with Gasteiger partial charge in [-0.3, -0.25) is 4.79 Å². The Morgan fingerprint density at radius 2 is 2.10 bits per heavy atom. The van der Waals surface area contributed by atoms with Gasteiger partial charge in [0.15, 0.2) is 0 Å². The van der Waals surface area contributed by atoms with Crippen LogP contribution in [0.4, 0.5) is 11.4 Å². The second-order valence-corrected chi connectivity index (χ2v) is 5.23. The van der Waals surface area contributed by atoms with Crippen molar-refractivity contribution >= 4 is 33.2 Å². The molecule has 2 aromatic carbocycles. The molecule has 2 rings (SSSR count). The molecule has 0 unspecified atom stereocenters. The molecule has 0 bridgehead atoms. The molecule has 0 spiro atoms. The number of carbonyl (C=O) groups is 1. The van der Waals surface area contributed by atoms with E-state index in [4.69, 9.17) is 10.5 Å². The zero-order chi connectivity index (χ0) is 14.5. The smallest absolute Gasteiger partial charge is 0.228 e. The number of nitrogen functional groups attached to an aromatic ring is 1. The Hall–Kier alpha value is -2.01.